The number of nitrogens with one attached hydrogen (secondary N) is 1. The minimum Gasteiger partial charge on any atom is -0.463 e. The second-order valence-electron chi connectivity index (χ2n) is 7.94. The smallest absolute Gasteiger partial charge is 0.351 e. The maximum absolute atomic E-state index is 12.4. The van der Waals surface area contributed by atoms with Gasteiger partial charge >= 0.3 is 11.7 Å². The summed E-state index contributed by atoms with van der Waals surface area (Å²) in [5, 5.41) is 8.95. The van der Waals surface area contributed by atoms with E-state index in [0.717, 1.165) is 32.1 Å². The molecule has 30 heavy (non-hydrogen) atoms. The van der Waals surface area contributed by atoms with Crippen molar-refractivity contribution in [3.63, 3.8) is 0 Å². The molecule has 1 aromatic heterocycles. The Kier molecular flexibility index (Phi) is 7.81. The molecule has 0 spiro atoms. The summed E-state index contributed by atoms with van der Waals surface area (Å²) < 4.78 is 24.8. The molecule has 10 heteroatoms. The molecule has 3 heterocycles. The lowest BCUT2D eigenvalue weighted by Crippen LogP contribution is -2.34. The Hall–Kier alpha value is -2.01. The molecule has 0 amide bonds. The fraction of sp³-hybridized carbons (Fsp3) is 0.750. The molecule has 0 aliphatic carbocycles. The van der Waals surface area contributed by atoms with Gasteiger partial charge in [0.15, 0.2) is 18.3 Å². The first-order valence-electron chi connectivity index (χ1n) is 10.6. The van der Waals surface area contributed by atoms with Crippen LogP contribution in [0.1, 0.15) is 59.1 Å². The molecule has 2 aliphatic heterocycles. The number of hydrogen-bond acceptors (Lipinski definition) is 9. The van der Waals surface area contributed by atoms with E-state index < -0.39 is 36.5 Å². The highest BCUT2D eigenvalue weighted by Crippen LogP contribution is 2.40. The highest BCUT2D eigenvalue weighted by molar-refractivity contribution is 5.71. The first-order valence-corrected chi connectivity index (χ1v) is 10.6. The van der Waals surface area contributed by atoms with Crippen LogP contribution in [-0.4, -0.2) is 51.9 Å². The Bertz CT molecular complexity index is 769. The molecule has 3 rings (SSSR count). The number of carbonyl (C=O) groups excluding carboxylic acids is 1. The molecule has 1 aromatic rings. The topological polar surface area (TPSA) is 121 Å². The molecule has 0 radical (unpaired) electrons. The highest BCUT2D eigenvalue weighted by Gasteiger charge is 2.53. The fourth-order valence-electron chi connectivity index (χ4n) is 3.63. The molecule has 2 saturated heterocycles. The summed E-state index contributed by atoms with van der Waals surface area (Å²) >= 11 is 0. The zero-order valence-corrected chi connectivity index (χ0v) is 17.7. The van der Waals surface area contributed by atoms with Gasteiger partial charge in [0, 0.05) is 6.20 Å². The van der Waals surface area contributed by atoms with E-state index in [4.69, 9.17) is 24.2 Å². The number of carbonyl (C=O) groups is 1. The SMILES string of the molecule is CCCCCCC1O[C@@H]2[C@H](O1)[C@@H](COC(=O)C(C)C)O[C@H]2n1ccc(NO)nc1=O. The number of nitrogens with zero attached hydrogens (tertiary/aromatic N) is 2. The number of anilines is 1. The summed E-state index contributed by atoms with van der Waals surface area (Å²) in [7, 11) is 0. The number of hydrogen-bond donors (Lipinski definition) is 2. The number of ether oxygens (including phenoxy) is 4. The van der Waals surface area contributed by atoms with Gasteiger partial charge in [-0.2, -0.15) is 4.98 Å². The van der Waals surface area contributed by atoms with E-state index in [1.807, 2.05) is 5.48 Å². The van der Waals surface area contributed by atoms with Crippen LogP contribution in [0.4, 0.5) is 5.82 Å². The third-order valence-electron chi connectivity index (χ3n) is 5.28. The van der Waals surface area contributed by atoms with E-state index in [1.165, 1.54) is 16.8 Å². The average molecular weight is 425 g/mol. The minimum absolute atomic E-state index is 0.0129. The van der Waals surface area contributed by atoms with Crippen molar-refractivity contribution in [3.8, 4) is 0 Å². The standard InChI is InChI=1S/C20H31N3O7/c1-4-5-6-7-8-15-29-16-13(11-27-19(24)12(2)3)28-18(17(16)30-15)23-10-9-14(22-26)21-20(23)25/h9-10,12-13,15-18,26H,4-8,11H2,1-3H3,(H,21,22,25)/t13-,15?,16-,17-,18-/m1/s1. The summed E-state index contributed by atoms with van der Waals surface area (Å²) in [6.45, 7) is 5.68. The quantitative estimate of drug-likeness (QED) is 0.330. The molecule has 2 aliphatic rings. The van der Waals surface area contributed by atoms with Crippen LogP contribution in [-0.2, 0) is 23.7 Å². The largest absolute Gasteiger partial charge is 0.463 e. The lowest BCUT2D eigenvalue weighted by molar-refractivity contribution is -0.168. The van der Waals surface area contributed by atoms with Gasteiger partial charge in [0.2, 0.25) is 0 Å². The maximum Gasteiger partial charge on any atom is 0.351 e. The van der Waals surface area contributed by atoms with Crippen molar-refractivity contribution in [1.29, 1.82) is 0 Å². The van der Waals surface area contributed by atoms with E-state index in [-0.39, 0.29) is 24.3 Å². The molecule has 2 N–H and O–H groups in total. The van der Waals surface area contributed by atoms with Gasteiger partial charge in [-0.3, -0.25) is 20.0 Å². The Balaban J connectivity index is 1.73. The molecule has 168 valence electrons. The van der Waals surface area contributed by atoms with E-state index in [1.54, 1.807) is 13.8 Å². The molecule has 2 fully saturated rings. The van der Waals surface area contributed by atoms with Crippen LogP contribution in [0.3, 0.4) is 0 Å². The summed E-state index contributed by atoms with van der Waals surface area (Å²) in [6.07, 6.45) is 3.87. The van der Waals surface area contributed by atoms with Crippen LogP contribution in [0.25, 0.3) is 0 Å². The van der Waals surface area contributed by atoms with Gasteiger partial charge < -0.3 is 18.9 Å². The Labute approximate surface area is 175 Å². The maximum atomic E-state index is 12.4. The lowest BCUT2D eigenvalue weighted by Gasteiger charge is -2.21. The third-order valence-corrected chi connectivity index (χ3v) is 5.28. The summed E-state index contributed by atoms with van der Waals surface area (Å²) in [6, 6.07) is 1.45. The summed E-state index contributed by atoms with van der Waals surface area (Å²) in [5.41, 5.74) is 1.24. The Morgan fingerprint density at radius 2 is 2.03 bits per heavy atom. The van der Waals surface area contributed by atoms with E-state index in [2.05, 4.69) is 11.9 Å². The predicted octanol–water partition coefficient (Wildman–Crippen LogP) is 2.22. The van der Waals surface area contributed by atoms with Crippen LogP contribution in [0.2, 0.25) is 0 Å². The van der Waals surface area contributed by atoms with Gasteiger partial charge in [0.25, 0.3) is 0 Å². The molecular formula is C20H31N3O7. The molecule has 5 atom stereocenters. The number of aromatic nitrogens is 2. The monoisotopic (exact) mass is 425 g/mol. The molecule has 0 aromatic carbocycles. The second-order valence-corrected chi connectivity index (χ2v) is 7.94. The number of unbranched alkanes of at least 4 members (excludes halogenated alkanes) is 3. The molecular weight excluding hydrogens is 394 g/mol. The van der Waals surface area contributed by atoms with Crippen LogP contribution in [0.5, 0.6) is 0 Å². The first kappa shape index (κ1) is 22.7. The van der Waals surface area contributed by atoms with Crippen molar-refractivity contribution in [2.24, 2.45) is 5.92 Å². The van der Waals surface area contributed by atoms with Gasteiger partial charge in [-0.15, -0.1) is 0 Å². The van der Waals surface area contributed by atoms with E-state index in [9.17, 15) is 9.59 Å². The van der Waals surface area contributed by atoms with Crippen molar-refractivity contribution in [1.82, 2.24) is 9.55 Å². The van der Waals surface area contributed by atoms with Crippen LogP contribution < -0.4 is 11.2 Å². The molecule has 0 saturated carbocycles. The number of rotatable bonds is 10. The molecule has 0 bridgehead atoms. The second kappa shape index (κ2) is 10.3. The minimum atomic E-state index is -0.772. The van der Waals surface area contributed by atoms with Gasteiger partial charge in [0.1, 0.15) is 24.9 Å². The van der Waals surface area contributed by atoms with Gasteiger partial charge in [0.05, 0.1) is 5.92 Å². The lowest BCUT2D eigenvalue weighted by atomic mass is 10.1. The van der Waals surface area contributed by atoms with Crippen molar-refractivity contribution < 1.29 is 28.9 Å². The zero-order valence-electron chi connectivity index (χ0n) is 17.7. The predicted molar refractivity (Wildman–Crippen MR) is 106 cm³/mol. The number of fused-ring (bicyclic) bond motifs is 1. The normalized spacial score (nSPS) is 28.0. The molecule has 10 nitrogen and oxygen atoms in total. The zero-order chi connectivity index (χ0) is 21.7. The van der Waals surface area contributed by atoms with E-state index in [0.29, 0.717) is 0 Å². The van der Waals surface area contributed by atoms with Crippen molar-refractivity contribution in [2.75, 3.05) is 12.1 Å². The van der Waals surface area contributed by atoms with Crippen LogP contribution in [0.15, 0.2) is 17.1 Å². The Morgan fingerprint density at radius 3 is 2.70 bits per heavy atom. The van der Waals surface area contributed by atoms with Crippen LogP contribution >= 0.6 is 0 Å². The van der Waals surface area contributed by atoms with E-state index >= 15 is 0 Å². The summed E-state index contributed by atoms with van der Waals surface area (Å²) in [4.78, 5) is 28.0. The van der Waals surface area contributed by atoms with Crippen molar-refractivity contribution >= 4 is 11.8 Å². The first-order chi connectivity index (χ1) is 14.4. The number of esters is 1. The van der Waals surface area contributed by atoms with Crippen molar-refractivity contribution in [2.45, 2.75) is 83.7 Å². The molecule has 1 unspecified atom stereocenters. The fourth-order valence-corrected chi connectivity index (χ4v) is 3.63. The van der Waals surface area contributed by atoms with Gasteiger partial charge in [-0.05, 0) is 18.9 Å². The van der Waals surface area contributed by atoms with Crippen molar-refractivity contribution in [3.05, 3.63) is 22.7 Å². The highest BCUT2D eigenvalue weighted by atomic mass is 16.8. The van der Waals surface area contributed by atoms with Crippen LogP contribution in [0, 0.1) is 5.92 Å². The average Bonchev–Trinajstić information content (AvgIpc) is 3.28. The van der Waals surface area contributed by atoms with Gasteiger partial charge in [-0.25, -0.2) is 4.79 Å². The Morgan fingerprint density at radius 1 is 1.27 bits per heavy atom. The van der Waals surface area contributed by atoms with Gasteiger partial charge in [-0.1, -0.05) is 40.0 Å². The summed E-state index contributed by atoms with van der Waals surface area (Å²) in [5.74, 6) is -0.549. The third kappa shape index (κ3) is 5.18.